The summed E-state index contributed by atoms with van der Waals surface area (Å²) in [5.74, 6) is 0.562. The van der Waals surface area contributed by atoms with Gasteiger partial charge in [-0.15, -0.1) is 0 Å². The Balaban J connectivity index is 1.66. The van der Waals surface area contributed by atoms with Crippen LogP contribution in [0.5, 0.6) is 0 Å². The molecule has 1 atom stereocenters. The summed E-state index contributed by atoms with van der Waals surface area (Å²) in [6.45, 7) is 2.03. The molecule has 6 heteroatoms. The molecule has 0 aliphatic rings. The van der Waals surface area contributed by atoms with Crippen LogP contribution in [0.1, 0.15) is 24.1 Å². The van der Waals surface area contributed by atoms with Gasteiger partial charge in [-0.1, -0.05) is 36.4 Å². The van der Waals surface area contributed by atoms with Gasteiger partial charge in [0.1, 0.15) is 5.65 Å². The van der Waals surface area contributed by atoms with Crippen molar-refractivity contribution in [2.24, 2.45) is 0 Å². The third-order valence-corrected chi connectivity index (χ3v) is 4.35. The Morgan fingerprint density at radius 3 is 2.73 bits per heavy atom. The summed E-state index contributed by atoms with van der Waals surface area (Å²) in [4.78, 5) is 13.4. The number of pyridine rings is 1. The summed E-state index contributed by atoms with van der Waals surface area (Å²) in [7, 11) is 0. The summed E-state index contributed by atoms with van der Waals surface area (Å²) >= 11 is 0. The van der Waals surface area contributed by atoms with Gasteiger partial charge in [0.15, 0.2) is 0 Å². The highest BCUT2D eigenvalue weighted by molar-refractivity contribution is 5.63. The standard InChI is InChI=1S/C20H19N5O/c1-14(15-6-3-2-4-7-15)23-20-21-10-9-17(24-20)18-12-22-19-16(13-26)8-5-11-25(18)19/h2-12,14,26H,13H2,1H3,(H,21,23,24)/t14-/m0/s1. The van der Waals surface area contributed by atoms with E-state index in [1.807, 2.05) is 47.0 Å². The van der Waals surface area contributed by atoms with E-state index in [9.17, 15) is 5.11 Å². The van der Waals surface area contributed by atoms with Crippen molar-refractivity contribution in [3.8, 4) is 11.4 Å². The molecule has 0 saturated heterocycles. The van der Waals surface area contributed by atoms with Crippen molar-refractivity contribution in [1.82, 2.24) is 19.4 Å². The molecule has 0 amide bonds. The molecule has 0 unspecified atom stereocenters. The van der Waals surface area contributed by atoms with Gasteiger partial charge in [0.25, 0.3) is 0 Å². The number of nitrogens with one attached hydrogen (secondary N) is 1. The Morgan fingerprint density at radius 2 is 1.92 bits per heavy atom. The number of aliphatic hydroxyl groups is 1. The zero-order chi connectivity index (χ0) is 17.9. The van der Waals surface area contributed by atoms with E-state index in [-0.39, 0.29) is 12.6 Å². The summed E-state index contributed by atoms with van der Waals surface area (Å²) in [6.07, 6.45) is 5.41. The number of imidazole rings is 1. The first-order chi connectivity index (χ1) is 12.8. The maximum Gasteiger partial charge on any atom is 0.223 e. The van der Waals surface area contributed by atoms with Crippen molar-refractivity contribution in [1.29, 1.82) is 0 Å². The monoisotopic (exact) mass is 345 g/mol. The minimum absolute atomic E-state index is 0.0496. The molecule has 1 aromatic carbocycles. The number of benzene rings is 1. The molecule has 0 aliphatic heterocycles. The molecule has 4 aromatic rings. The van der Waals surface area contributed by atoms with Gasteiger partial charge < -0.3 is 10.4 Å². The molecule has 4 rings (SSSR count). The SMILES string of the molecule is C[C@H](Nc1nccc(-c2cnc3c(CO)cccn23)n1)c1ccccc1. The topological polar surface area (TPSA) is 75.3 Å². The van der Waals surface area contributed by atoms with E-state index in [1.165, 1.54) is 5.56 Å². The summed E-state index contributed by atoms with van der Waals surface area (Å²) in [5, 5.41) is 12.8. The van der Waals surface area contributed by atoms with Gasteiger partial charge in [-0.05, 0) is 24.6 Å². The fourth-order valence-corrected chi connectivity index (χ4v) is 2.97. The molecule has 2 N–H and O–H groups in total. The summed E-state index contributed by atoms with van der Waals surface area (Å²) in [5.41, 5.74) is 4.31. The van der Waals surface area contributed by atoms with E-state index in [0.717, 1.165) is 22.6 Å². The van der Waals surface area contributed by atoms with E-state index in [0.29, 0.717) is 5.95 Å². The number of aromatic nitrogens is 4. The number of hydrogen-bond donors (Lipinski definition) is 2. The highest BCUT2D eigenvalue weighted by atomic mass is 16.3. The first kappa shape index (κ1) is 16.2. The fourth-order valence-electron chi connectivity index (χ4n) is 2.97. The van der Waals surface area contributed by atoms with E-state index in [1.54, 1.807) is 12.4 Å². The maximum absolute atomic E-state index is 9.48. The van der Waals surface area contributed by atoms with Gasteiger partial charge in [0.2, 0.25) is 5.95 Å². The quantitative estimate of drug-likeness (QED) is 0.579. The molecule has 0 bridgehead atoms. The van der Waals surface area contributed by atoms with Crippen molar-refractivity contribution in [3.05, 3.63) is 78.2 Å². The fraction of sp³-hybridized carbons (Fsp3) is 0.150. The van der Waals surface area contributed by atoms with Crippen LogP contribution in [-0.4, -0.2) is 24.5 Å². The Kier molecular flexibility index (Phi) is 4.33. The number of fused-ring (bicyclic) bond motifs is 1. The lowest BCUT2D eigenvalue weighted by atomic mass is 10.1. The number of aliphatic hydroxyl groups excluding tert-OH is 1. The lowest BCUT2D eigenvalue weighted by Gasteiger charge is -2.14. The highest BCUT2D eigenvalue weighted by Gasteiger charge is 2.12. The number of rotatable bonds is 5. The molecule has 0 spiro atoms. The normalized spacial score (nSPS) is 12.2. The lowest BCUT2D eigenvalue weighted by Crippen LogP contribution is -2.09. The highest BCUT2D eigenvalue weighted by Crippen LogP contribution is 2.23. The van der Waals surface area contributed by atoms with Crippen molar-refractivity contribution in [2.45, 2.75) is 19.6 Å². The summed E-state index contributed by atoms with van der Waals surface area (Å²) in [6, 6.07) is 15.9. The van der Waals surface area contributed by atoms with Gasteiger partial charge in [-0.2, -0.15) is 0 Å². The van der Waals surface area contributed by atoms with Crippen LogP contribution in [0.3, 0.4) is 0 Å². The van der Waals surface area contributed by atoms with E-state index in [2.05, 4.69) is 39.3 Å². The van der Waals surface area contributed by atoms with Crippen LogP contribution in [0.15, 0.2) is 67.1 Å². The number of nitrogens with zero attached hydrogens (tertiary/aromatic N) is 4. The van der Waals surface area contributed by atoms with E-state index < -0.39 is 0 Å². The van der Waals surface area contributed by atoms with Gasteiger partial charge in [-0.25, -0.2) is 15.0 Å². The Morgan fingerprint density at radius 1 is 1.08 bits per heavy atom. The second-order valence-corrected chi connectivity index (χ2v) is 6.07. The zero-order valence-corrected chi connectivity index (χ0v) is 14.4. The molecular weight excluding hydrogens is 326 g/mol. The van der Waals surface area contributed by atoms with Crippen LogP contribution >= 0.6 is 0 Å². The summed E-state index contributed by atoms with van der Waals surface area (Å²) < 4.78 is 1.93. The average Bonchev–Trinajstić information content (AvgIpc) is 3.13. The molecule has 130 valence electrons. The van der Waals surface area contributed by atoms with Gasteiger partial charge in [0.05, 0.1) is 30.2 Å². The van der Waals surface area contributed by atoms with Crippen molar-refractivity contribution in [3.63, 3.8) is 0 Å². The minimum atomic E-state index is -0.0496. The maximum atomic E-state index is 9.48. The molecule has 26 heavy (non-hydrogen) atoms. The molecule has 6 nitrogen and oxygen atoms in total. The van der Waals surface area contributed by atoms with Crippen molar-refractivity contribution in [2.75, 3.05) is 5.32 Å². The zero-order valence-electron chi connectivity index (χ0n) is 14.4. The largest absolute Gasteiger partial charge is 0.392 e. The van der Waals surface area contributed by atoms with Gasteiger partial charge in [-0.3, -0.25) is 4.40 Å². The molecule has 0 radical (unpaired) electrons. The third kappa shape index (κ3) is 3.02. The molecule has 0 aliphatic carbocycles. The first-order valence-electron chi connectivity index (χ1n) is 8.47. The molecule has 3 aromatic heterocycles. The lowest BCUT2D eigenvalue weighted by molar-refractivity contribution is 0.282. The molecule has 0 saturated carbocycles. The number of hydrogen-bond acceptors (Lipinski definition) is 5. The Labute approximate surface area is 151 Å². The van der Waals surface area contributed by atoms with E-state index in [4.69, 9.17) is 0 Å². The van der Waals surface area contributed by atoms with Gasteiger partial charge in [0, 0.05) is 18.0 Å². The second-order valence-electron chi connectivity index (χ2n) is 6.07. The van der Waals surface area contributed by atoms with Gasteiger partial charge >= 0.3 is 0 Å². The van der Waals surface area contributed by atoms with Crippen LogP contribution < -0.4 is 5.32 Å². The third-order valence-electron chi connectivity index (χ3n) is 4.35. The van der Waals surface area contributed by atoms with Crippen LogP contribution in [0.4, 0.5) is 5.95 Å². The molecule has 3 heterocycles. The minimum Gasteiger partial charge on any atom is -0.392 e. The second kappa shape index (κ2) is 6.93. The van der Waals surface area contributed by atoms with Crippen LogP contribution in [0, 0.1) is 0 Å². The van der Waals surface area contributed by atoms with Crippen LogP contribution in [0.2, 0.25) is 0 Å². The van der Waals surface area contributed by atoms with Crippen LogP contribution in [-0.2, 0) is 6.61 Å². The predicted molar refractivity (Wildman–Crippen MR) is 101 cm³/mol. The molecule has 0 fully saturated rings. The van der Waals surface area contributed by atoms with E-state index >= 15 is 0 Å². The average molecular weight is 345 g/mol. The van der Waals surface area contributed by atoms with Crippen molar-refractivity contribution < 1.29 is 5.11 Å². The molecular formula is C20H19N5O. The Bertz CT molecular complexity index is 1030. The van der Waals surface area contributed by atoms with Crippen LogP contribution in [0.25, 0.3) is 17.0 Å². The van der Waals surface area contributed by atoms with Crippen molar-refractivity contribution >= 4 is 11.6 Å². The smallest absolute Gasteiger partial charge is 0.223 e. The predicted octanol–water partition coefficient (Wildman–Crippen LogP) is 3.46. The Hall–Kier alpha value is -3.25. The number of anilines is 1. The first-order valence-corrected chi connectivity index (χ1v) is 8.47.